The zero-order valence-corrected chi connectivity index (χ0v) is 11.8. The topological polar surface area (TPSA) is 32.5 Å². The second-order valence-electron chi connectivity index (χ2n) is 5.43. The smallest absolute Gasteiger partial charge is 0.213 e. The van der Waals surface area contributed by atoms with Gasteiger partial charge in [-0.2, -0.15) is 0 Å². The van der Waals surface area contributed by atoms with Crippen molar-refractivity contribution in [3.8, 4) is 0 Å². The highest BCUT2D eigenvalue weighted by molar-refractivity contribution is 5.99. The van der Waals surface area contributed by atoms with Gasteiger partial charge in [0.05, 0.1) is 12.1 Å². The summed E-state index contributed by atoms with van der Waals surface area (Å²) in [6, 6.07) is 8.86. The summed E-state index contributed by atoms with van der Waals surface area (Å²) < 4.78 is 0. The van der Waals surface area contributed by atoms with E-state index in [1.807, 2.05) is 12.1 Å². The van der Waals surface area contributed by atoms with Crippen molar-refractivity contribution in [3.05, 3.63) is 41.9 Å². The minimum absolute atomic E-state index is 0.438. The van der Waals surface area contributed by atoms with Crippen LogP contribution in [-0.4, -0.2) is 30.2 Å². The average Bonchev–Trinajstić information content (AvgIpc) is 2.49. The van der Waals surface area contributed by atoms with Crippen LogP contribution in [0.4, 0.5) is 11.4 Å². The van der Waals surface area contributed by atoms with Crippen LogP contribution in [0.2, 0.25) is 0 Å². The molecule has 1 aromatic carbocycles. The molecule has 0 spiro atoms. The van der Waals surface area contributed by atoms with E-state index in [1.165, 1.54) is 5.69 Å². The molecule has 1 N–H and O–H groups in total. The Balaban J connectivity index is 2.15. The van der Waals surface area contributed by atoms with E-state index in [2.05, 4.69) is 46.0 Å². The van der Waals surface area contributed by atoms with Gasteiger partial charge in [-0.25, -0.2) is 4.85 Å². The van der Waals surface area contributed by atoms with Gasteiger partial charge in [0.1, 0.15) is 0 Å². The van der Waals surface area contributed by atoms with Crippen LogP contribution in [0.25, 0.3) is 15.7 Å². The Hall–Kier alpha value is -2.12. The second kappa shape index (κ2) is 5.10. The highest BCUT2D eigenvalue weighted by atomic mass is 15.2. The molecule has 2 aromatic rings. The molecule has 20 heavy (non-hydrogen) atoms. The van der Waals surface area contributed by atoms with Crippen LogP contribution in [0, 0.1) is 6.57 Å². The van der Waals surface area contributed by atoms with Crippen LogP contribution in [-0.2, 0) is 0 Å². The number of rotatable bonds is 1. The lowest BCUT2D eigenvalue weighted by molar-refractivity contribution is 0.426. The summed E-state index contributed by atoms with van der Waals surface area (Å²) in [4.78, 5) is 10.4. The summed E-state index contributed by atoms with van der Waals surface area (Å²) in [5, 5.41) is 4.57. The number of nitrogens with zero attached hydrogens (tertiary/aromatic N) is 3. The Morgan fingerprint density at radius 3 is 3.00 bits per heavy atom. The van der Waals surface area contributed by atoms with Gasteiger partial charge in [-0.3, -0.25) is 4.98 Å². The SMILES string of the molecule is [C-]#[N+]c1ccc(N2C[C@@H](C)NC[C@@H]2C)c2cccnc12. The zero-order chi connectivity index (χ0) is 14.1. The largest absolute Gasteiger partial charge is 0.366 e. The fourth-order valence-corrected chi connectivity index (χ4v) is 2.84. The molecule has 0 saturated carbocycles. The van der Waals surface area contributed by atoms with E-state index in [1.54, 1.807) is 6.20 Å². The van der Waals surface area contributed by atoms with Crippen LogP contribution in [0.15, 0.2) is 30.5 Å². The molecule has 2 atom stereocenters. The lowest BCUT2D eigenvalue weighted by atomic mass is 10.1. The molecule has 102 valence electrons. The number of fused-ring (bicyclic) bond motifs is 1. The fourth-order valence-electron chi connectivity index (χ4n) is 2.84. The summed E-state index contributed by atoms with van der Waals surface area (Å²) in [5.74, 6) is 0. The molecule has 1 aliphatic heterocycles. The third kappa shape index (κ3) is 2.10. The van der Waals surface area contributed by atoms with E-state index in [-0.39, 0.29) is 0 Å². The molecule has 0 radical (unpaired) electrons. The summed E-state index contributed by atoms with van der Waals surface area (Å²) >= 11 is 0. The van der Waals surface area contributed by atoms with Crippen molar-refractivity contribution in [2.75, 3.05) is 18.0 Å². The van der Waals surface area contributed by atoms with Crippen LogP contribution in [0.1, 0.15) is 13.8 Å². The Labute approximate surface area is 119 Å². The molecule has 2 heterocycles. The van der Waals surface area contributed by atoms with Crippen LogP contribution in [0.5, 0.6) is 0 Å². The average molecular weight is 266 g/mol. The molecular weight excluding hydrogens is 248 g/mol. The quantitative estimate of drug-likeness (QED) is 0.805. The number of nitrogens with one attached hydrogen (secondary N) is 1. The van der Waals surface area contributed by atoms with Gasteiger partial charge in [-0.05, 0) is 26.0 Å². The predicted octanol–water partition coefficient (Wildman–Crippen LogP) is 2.97. The molecule has 4 heteroatoms. The maximum absolute atomic E-state index is 7.27. The van der Waals surface area contributed by atoms with Gasteiger partial charge in [0, 0.05) is 42.4 Å². The van der Waals surface area contributed by atoms with Gasteiger partial charge in [0.2, 0.25) is 5.69 Å². The van der Waals surface area contributed by atoms with Crippen molar-refractivity contribution >= 4 is 22.3 Å². The molecule has 0 unspecified atom stereocenters. The van der Waals surface area contributed by atoms with Crippen molar-refractivity contribution in [2.45, 2.75) is 25.9 Å². The molecule has 4 nitrogen and oxygen atoms in total. The molecule has 0 amide bonds. The predicted molar refractivity (Wildman–Crippen MR) is 82.3 cm³/mol. The van der Waals surface area contributed by atoms with Crippen molar-refractivity contribution in [3.63, 3.8) is 0 Å². The van der Waals surface area contributed by atoms with E-state index in [0.717, 1.165) is 24.0 Å². The molecule has 3 rings (SSSR count). The molecule has 0 bridgehead atoms. The number of anilines is 1. The number of pyridine rings is 1. The lowest BCUT2D eigenvalue weighted by Crippen LogP contribution is -2.54. The first-order valence-corrected chi connectivity index (χ1v) is 6.96. The zero-order valence-electron chi connectivity index (χ0n) is 11.8. The first kappa shape index (κ1) is 12.9. The fraction of sp³-hybridized carbons (Fsp3) is 0.375. The van der Waals surface area contributed by atoms with Crippen molar-refractivity contribution in [1.82, 2.24) is 10.3 Å². The van der Waals surface area contributed by atoms with Gasteiger partial charge in [0.15, 0.2) is 0 Å². The Morgan fingerprint density at radius 1 is 1.35 bits per heavy atom. The maximum atomic E-state index is 7.27. The molecule has 1 saturated heterocycles. The standard InChI is InChI=1S/C16H18N4/c1-11-10-20(12(2)9-19-11)15-7-6-14(17-3)16-13(15)5-4-8-18-16/h4-8,11-12,19H,9-10H2,1-2H3/t11-,12+/m1/s1. The van der Waals surface area contributed by atoms with Gasteiger partial charge in [-0.1, -0.05) is 12.1 Å². The Morgan fingerprint density at radius 2 is 2.20 bits per heavy atom. The van der Waals surface area contributed by atoms with Crippen LogP contribution in [0.3, 0.4) is 0 Å². The van der Waals surface area contributed by atoms with Gasteiger partial charge < -0.3 is 10.2 Å². The van der Waals surface area contributed by atoms with E-state index in [4.69, 9.17) is 6.57 Å². The lowest BCUT2D eigenvalue weighted by Gasteiger charge is -2.39. The highest BCUT2D eigenvalue weighted by Crippen LogP contribution is 2.33. The summed E-state index contributed by atoms with van der Waals surface area (Å²) in [7, 11) is 0. The third-order valence-corrected chi connectivity index (χ3v) is 3.92. The molecule has 1 fully saturated rings. The summed E-state index contributed by atoms with van der Waals surface area (Å²) in [5.41, 5.74) is 2.61. The van der Waals surface area contributed by atoms with E-state index >= 15 is 0 Å². The minimum atomic E-state index is 0.438. The minimum Gasteiger partial charge on any atom is -0.366 e. The maximum Gasteiger partial charge on any atom is 0.213 e. The summed E-state index contributed by atoms with van der Waals surface area (Å²) in [6.45, 7) is 13.7. The van der Waals surface area contributed by atoms with Crippen molar-refractivity contribution in [2.24, 2.45) is 0 Å². The summed E-state index contributed by atoms with van der Waals surface area (Å²) in [6.07, 6.45) is 1.75. The van der Waals surface area contributed by atoms with Crippen LogP contribution >= 0.6 is 0 Å². The Bertz CT molecular complexity index is 674. The highest BCUT2D eigenvalue weighted by Gasteiger charge is 2.24. The van der Waals surface area contributed by atoms with E-state index in [9.17, 15) is 0 Å². The first-order chi connectivity index (χ1) is 9.70. The van der Waals surface area contributed by atoms with E-state index < -0.39 is 0 Å². The second-order valence-corrected chi connectivity index (χ2v) is 5.43. The molecule has 0 aliphatic carbocycles. The van der Waals surface area contributed by atoms with Crippen molar-refractivity contribution < 1.29 is 0 Å². The molecule has 1 aromatic heterocycles. The number of hydrogen-bond acceptors (Lipinski definition) is 3. The number of piperazine rings is 1. The molecular formula is C16H18N4. The number of hydrogen-bond donors (Lipinski definition) is 1. The first-order valence-electron chi connectivity index (χ1n) is 6.96. The number of aromatic nitrogens is 1. The normalized spacial score (nSPS) is 22.8. The van der Waals surface area contributed by atoms with E-state index in [0.29, 0.717) is 17.8 Å². The Kier molecular flexibility index (Phi) is 3.29. The molecule has 1 aliphatic rings. The van der Waals surface area contributed by atoms with Gasteiger partial charge in [-0.15, -0.1) is 0 Å². The van der Waals surface area contributed by atoms with Crippen LogP contribution < -0.4 is 10.2 Å². The van der Waals surface area contributed by atoms with Gasteiger partial charge >= 0.3 is 0 Å². The third-order valence-electron chi connectivity index (χ3n) is 3.92. The monoisotopic (exact) mass is 266 g/mol. The van der Waals surface area contributed by atoms with Crippen molar-refractivity contribution in [1.29, 1.82) is 0 Å². The van der Waals surface area contributed by atoms with Gasteiger partial charge in [0.25, 0.3) is 0 Å². The number of benzene rings is 1.